The third-order valence-corrected chi connectivity index (χ3v) is 14.3. The fraction of sp³-hybridized carbons (Fsp3) is 0.736. The van der Waals surface area contributed by atoms with Crippen molar-refractivity contribution in [2.75, 3.05) is 13.2 Å². The highest BCUT2D eigenvalue weighted by molar-refractivity contribution is 5.71. The van der Waals surface area contributed by atoms with Gasteiger partial charge >= 0.3 is 17.9 Å². The number of hydrogen-bond donors (Lipinski definition) is 0. The van der Waals surface area contributed by atoms with Crippen LogP contribution < -0.4 is 0 Å². The normalized spacial score (nSPS) is 12.7. The summed E-state index contributed by atoms with van der Waals surface area (Å²) in [6, 6.07) is 0. The van der Waals surface area contributed by atoms with E-state index in [0.29, 0.717) is 19.3 Å². The Bertz CT molecular complexity index is 1530. The summed E-state index contributed by atoms with van der Waals surface area (Å²) >= 11 is 0. The Hall–Kier alpha value is -3.67. The Labute approximate surface area is 483 Å². The van der Waals surface area contributed by atoms with Crippen molar-refractivity contribution in [3.8, 4) is 0 Å². The van der Waals surface area contributed by atoms with Gasteiger partial charge < -0.3 is 14.2 Å². The summed E-state index contributed by atoms with van der Waals surface area (Å²) in [6.07, 6.45) is 88.5. The van der Waals surface area contributed by atoms with Crippen LogP contribution in [0.15, 0.2) is 97.2 Å². The molecule has 0 radical (unpaired) electrons. The molecule has 1 atom stereocenters. The SMILES string of the molecule is CC/C=C\C/C=C\C/C=C\C/C=C\C/C=C\CCCCCCCCCCCC(=O)OCC(COC(=O)CCCCCCCCCCCC)OC(=O)CCCCCCCCCCCC/C=C\C/C=C\C/C=C\CCCCCCC. The summed E-state index contributed by atoms with van der Waals surface area (Å²) in [7, 11) is 0. The van der Waals surface area contributed by atoms with Gasteiger partial charge in [-0.2, -0.15) is 0 Å². The molecule has 6 nitrogen and oxygen atoms in total. The Balaban J connectivity index is 4.26. The van der Waals surface area contributed by atoms with Gasteiger partial charge in [0, 0.05) is 19.3 Å². The molecule has 0 saturated heterocycles. The zero-order valence-electron chi connectivity index (χ0n) is 51.4. The monoisotopic (exact) mass is 1080 g/mol. The van der Waals surface area contributed by atoms with E-state index in [-0.39, 0.29) is 31.1 Å². The quantitative estimate of drug-likeness (QED) is 0.0261. The number of hydrogen-bond acceptors (Lipinski definition) is 6. The van der Waals surface area contributed by atoms with Crippen molar-refractivity contribution < 1.29 is 28.6 Å². The van der Waals surface area contributed by atoms with Crippen molar-refractivity contribution >= 4 is 17.9 Å². The average Bonchev–Trinajstić information content (AvgIpc) is 3.44. The highest BCUT2D eigenvalue weighted by Crippen LogP contribution is 2.16. The second kappa shape index (κ2) is 65.8. The van der Waals surface area contributed by atoms with Gasteiger partial charge in [0.15, 0.2) is 6.10 Å². The number of carbonyl (C=O) groups is 3. The van der Waals surface area contributed by atoms with E-state index >= 15 is 0 Å². The molecule has 0 fully saturated rings. The lowest BCUT2D eigenvalue weighted by atomic mass is 10.0. The molecule has 0 N–H and O–H groups in total. The van der Waals surface area contributed by atoms with E-state index in [9.17, 15) is 14.4 Å². The van der Waals surface area contributed by atoms with Crippen LogP contribution in [0.5, 0.6) is 0 Å². The van der Waals surface area contributed by atoms with E-state index < -0.39 is 6.10 Å². The minimum Gasteiger partial charge on any atom is -0.462 e. The van der Waals surface area contributed by atoms with Gasteiger partial charge in [-0.25, -0.2) is 0 Å². The van der Waals surface area contributed by atoms with Crippen LogP contribution in [0, 0.1) is 0 Å². The molecule has 0 aromatic rings. The molecule has 0 amide bonds. The molecule has 78 heavy (non-hydrogen) atoms. The molecule has 0 aliphatic carbocycles. The predicted molar refractivity (Wildman–Crippen MR) is 339 cm³/mol. The van der Waals surface area contributed by atoms with E-state index in [1.807, 2.05) is 0 Å². The molecule has 0 aromatic heterocycles. The predicted octanol–water partition coefficient (Wildman–Crippen LogP) is 22.8. The lowest BCUT2D eigenvalue weighted by Crippen LogP contribution is -2.30. The van der Waals surface area contributed by atoms with Gasteiger partial charge in [-0.1, -0.05) is 298 Å². The molecule has 0 heterocycles. The van der Waals surface area contributed by atoms with Crippen LogP contribution in [0.4, 0.5) is 0 Å². The fourth-order valence-corrected chi connectivity index (χ4v) is 9.36. The number of rotatable bonds is 60. The van der Waals surface area contributed by atoms with Crippen LogP contribution in [0.1, 0.15) is 323 Å². The third kappa shape index (κ3) is 63.2. The number of unbranched alkanes of at least 4 members (excludes halogenated alkanes) is 33. The van der Waals surface area contributed by atoms with Gasteiger partial charge in [-0.15, -0.1) is 0 Å². The summed E-state index contributed by atoms with van der Waals surface area (Å²) < 4.78 is 16.9. The van der Waals surface area contributed by atoms with E-state index in [2.05, 4.69) is 118 Å². The average molecular weight is 1090 g/mol. The molecule has 0 spiro atoms. The second-order valence-corrected chi connectivity index (χ2v) is 22.0. The van der Waals surface area contributed by atoms with E-state index in [1.54, 1.807) is 0 Å². The first-order valence-electron chi connectivity index (χ1n) is 33.2. The largest absolute Gasteiger partial charge is 0.462 e. The topological polar surface area (TPSA) is 78.9 Å². The first-order valence-corrected chi connectivity index (χ1v) is 33.2. The van der Waals surface area contributed by atoms with Gasteiger partial charge in [0.1, 0.15) is 13.2 Å². The van der Waals surface area contributed by atoms with E-state index in [4.69, 9.17) is 14.2 Å². The molecular weight excluding hydrogens is 961 g/mol. The highest BCUT2D eigenvalue weighted by Gasteiger charge is 2.19. The van der Waals surface area contributed by atoms with Crippen molar-refractivity contribution in [3.05, 3.63) is 97.2 Å². The lowest BCUT2D eigenvalue weighted by Gasteiger charge is -2.18. The van der Waals surface area contributed by atoms with Crippen LogP contribution in [-0.4, -0.2) is 37.2 Å². The summed E-state index contributed by atoms with van der Waals surface area (Å²) in [5.74, 6) is -0.879. The highest BCUT2D eigenvalue weighted by atomic mass is 16.6. The summed E-state index contributed by atoms with van der Waals surface area (Å²) in [4.78, 5) is 38.3. The summed E-state index contributed by atoms with van der Waals surface area (Å²) in [5, 5.41) is 0. The van der Waals surface area contributed by atoms with Crippen LogP contribution in [0.25, 0.3) is 0 Å². The first kappa shape index (κ1) is 74.3. The number of ether oxygens (including phenoxy) is 3. The number of allylic oxidation sites excluding steroid dienone is 16. The van der Waals surface area contributed by atoms with E-state index in [1.165, 1.54) is 173 Å². The standard InChI is InChI=1S/C72H124O6/c1-4-7-10-13-16-19-22-24-26-28-30-32-34-36-38-40-42-44-46-48-50-53-56-59-62-65-71(74)77-68-69(67-76-70(73)64-61-58-55-52-21-18-15-12-9-6-3)78-72(75)66-63-60-57-54-51-49-47-45-43-41-39-37-35-33-31-29-27-25-23-20-17-14-11-8-5-2/h7,10,16,19,23-26,29-32,35-38,69H,4-6,8-9,11-15,17-18,20-22,27-28,33-34,39-68H2,1-3H3/b10-7-,19-16-,25-23-,26-24-,31-29-,32-30-,37-35-,38-36-. The lowest BCUT2D eigenvalue weighted by molar-refractivity contribution is -0.167. The maximum atomic E-state index is 12.9. The third-order valence-electron chi connectivity index (χ3n) is 14.3. The second-order valence-electron chi connectivity index (χ2n) is 22.0. The summed E-state index contributed by atoms with van der Waals surface area (Å²) in [5.41, 5.74) is 0. The molecule has 0 aliphatic heterocycles. The minimum absolute atomic E-state index is 0.0784. The molecule has 0 aliphatic rings. The van der Waals surface area contributed by atoms with Gasteiger partial charge in [0.05, 0.1) is 0 Å². The van der Waals surface area contributed by atoms with Crippen molar-refractivity contribution in [3.63, 3.8) is 0 Å². The zero-order valence-corrected chi connectivity index (χ0v) is 51.4. The molecule has 6 heteroatoms. The molecule has 448 valence electrons. The molecule has 0 saturated carbocycles. The van der Waals surface area contributed by atoms with Crippen molar-refractivity contribution in [2.45, 2.75) is 329 Å². The maximum Gasteiger partial charge on any atom is 0.306 e. The number of esters is 3. The minimum atomic E-state index is -0.782. The zero-order chi connectivity index (χ0) is 56.4. The number of carbonyl (C=O) groups excluding carboxylic acids is 3. The van der Waals surface area contributed by atoms with Crippen LogP contribution in [0.2, 0.25) is 0 Å². The molecule has 1 unspecified atom stereocenters. The molecular formula is C72H124O6. The summed E-state index contributed by atoms with van der Waals surface area (Å²) in [6.45, 7) is 6.52. The Morgan fingerprint density at radius 1 is 0.269 bits per heavy atom. The van der Waals surface area contributed by atoms with Crippen LogP contribution in [-0.2, 0) is 28.6 Å². The Morgan fingerprint density at radius 2 is 0.500 bits per heavy atom. The maximum absolute atomic E-state index is 12.9. The van der Waals surface area contributed by atoms with Crippen molar-refractivity contribution in [2.24, 2.45) is 0 Å². The van der Waals surface area contributed by atoms with E-state index in [0.717, 1.165) is 109 Å². The molecule has 0 rings (SSSR count). The van der Waals surface area contributed by atoms with Gasteiger partial charge in [0.2, 0.25) is 0 Å². The smallest absolute Gasteiger partial charge is 0.306 e. The van der Waals surface area contributed by atoms with Crippen molar-refractivity contribution in [1.29, 1.82) is 0 Å². The van der Waals surface area contributed by atoms with Gasteiger partial charge in [-0.3, -0.25) is 14.4 Å². The fourth-order valence-electron chi connectivity index (χ4n) is 9.36. The Kier molecular flexibility index (Phi) is 62.7. The van der Waals surface area contributed by atoms with Crippen molar-refractivity contribution in [1.82, 2.24) is 0 Å². The first-order chi connectivity index (χ1) is 38.5. The van der Waals surface area contributed by atoms with Crippen LogP contribution >= 0.6 is 0 Å². The molecule has 0 aromatic carbocycles. The van der Waals surface area contributed by atoms with Gasteiger partial charge in [-0.05, 0) is 103 Å². The van der Waals surface area contributed by atoms with Gasteiger partial charge in [0.25, 0.3) is 0 Å². The Morgan fingerprint density at radius 3 is 0.782 bits per heavy atom. The molecule has 0 bridgehead atoms. The van der Waals surface area contributed by atoms with Crippen LogP contribution in [0.3, 0.4) is 0 Å².